The molecule has 2 aliphatic rings. The molecule has 0 aromatic carbocycles. The maximum Gasteiger partial charge on any atom is 0.00953 e. The van der Waals surface area contributed by atoms with Gasteiger partial charge in [-0.25, -0.2) is 0 Å². The molecule has 0 amide bonds. The lowest BCUT2D eigenvalue weighted by Crippen LogP contribution is -2.31. The third-order valence-corrected chi connectivity index (χ3v) is 3.49. The van der Waals surface area contributed by atoms with Crippen molar-refractivity contribution < 1.29 is 0 Å². The molecule has 0 aromatic rings. The van der Waals surface area contributed by atoms with Gasteiger partial charge >= 0.3 is 0 Å². The Kier molecular flexibility index (Phi) is 2.66. The minimum absolute atomic E-state index is 0.797. The molecular formula is C10H20N2. The number of rotatable bonds is 2. The van der Waals surface area contributed by atoms with Crippen molar-refractivity contribution in [3.8, 4) is 0 Å². The van der Waals surface area contributed by atoms with Crippen LogP contribution in [-0.4, -0.2) is 30.6 Å². The van der Waals surface area contributed by atoms with E-state index in [1.165, 1.54) is 45.2 Å². The summed E-state index contributed by atoms with van der Waals surface area (Å²) in [7, 11) is 0. The van der Waals surface area contributed by atoms with Crippen molar-refractivity contribution in [2.24, 2.45) is 11.7 Å². The van der Waals surface area contributed by atoms with Crippen LogP contribution in [0.4, 0.5) is 0 Å². The highest BCUT2D eigenvalue weighted by Gasteiger charge is 2.28. The van der Waals surface area contributed by atoms with Crippen LogP contribution in [0.25, 0.3) is 0 Å². The Labute approximate surface area is 75.1 Å². The molecule has 1 aliphatic heterocycles. The topological polar surface area (TPSA) is 29.3 Å². The van der Waals surface area contributed by atoms with E-state index in [9.17, 15) is 0 Å². The highest BCUT2D eigenvalue weighted by Crippen LogP contribution is 2.27. The average molecular weight is 168 g/mol. The van der Waals surface area contributed by atoms with Gasteiger partial charge in [-0.2, -0.15) is 0 Å². The highest BCUT2D eigenvalue weighted by atomic mass is 15.2. The van der Waals surface area contributed by atoms with Gasteiger partial charge in [-0.05, 0) is 38.3 Å². The van der Waals surface area contributed by atoms with Crippen molar-refractivity contribution in [2.75, 3.05) is 19.6 Å². The first kappa shape index (κ1) is 8.52. The number of hydrogen-bond donors (Lipinski definition) is 1. The van der Waals surface area contributed by atoms with Crippen LogP contribution < -0.4 is 5.73 Å². The summed E-state index contributed by atoms with van der Waals surface area (Å²) in [5.41, 5.74) is 5.67. The SMILES string of the molecule is NC[C@H]1CCN(C2CCCC2)C1. The van der Waals surface area contributed by atoms with Crippen molar-refractivity contribution in [1.82, 2.24) is 4.90 Å². The molecule has 2 fully saturated rings. The Morgan fingerprint density at radius 3 is 2.50 bits per heavy atom. The Hall–Kier alpha value is -0.0800. The lowest BCUT2D eigenvalue weighted by Gasteiger charge is -2.23. The van der Waals surface area contributed by atoms with Crippen LogP contribution in [-0.2, 0) is 0 Å². The molecule has 0 unspecified atom stereocenters. The summed E-state index contributed by atoms with van der Waals surface area (Å²) in [6.07, 6.45) is 7.13. The molecule has 0 radical (unpaired) electrons. The summed E-state index contributed by atoms with van der Waals surface area (Å²) in [4.78, 5) is 2.67. The van der Waals surface area contributed by atoms with E-state index < -0.39 is 0 Å². The van der Waals surface area contributed by atoms with Gasteiger partial charge in [0.05, 0.1) is 0 Å². The minimum Gasteiger partial charge on any atom is -0.330 e. The molecule has 2 heteroatoms. The molecule has 0 aromatic heterocycles. The molecule has 1 saturated heterocycles. The average Bonchev–Trinajstić information content (AvgIpc) is 2.75. The van der Waals surface area contributed by atoms with Crippen LogP contribution in [0, 0.1) is 5.92 Å². The van der Waals surface area contributed by atoms with Gasteiger partial charge in [-0.3, -0.25) is 0 Å². The molecule has 2 N–H and O–H groups in total. The van der Waals surface area contributed by atoms with Crippen LogP contribution in [0.15, 0.2) is 0 Å². The van der Waals surface area contributed by atoms with Gasteiger partial charge in [0, 0.05) is 12.6 Å². The van der Waals surface area contributed by atoms with Crippen LogP contribution in [0.1, 0.15) is 32.1 Å². The van der Waals surface area contributed by atoms with Gasteiger partial charge in [0.25, 0.3) is 0 Å². The van der Waals surface area contributed by atoms with Gasteiger partial charge < -0.3 is 10.6 Å². The number of nitrogens with two attached hydrogens (primary N) is 1. The summed E-state index contributed by atoms with van der Waals surface area (Å²) in [5.74, 6) is 0.797. The second-order valence-corrected chi connectivity index (χ2v) is 4.32. The molecule has 2 nitrogen and oxygen atoms in total. The largest absolute Gasteiger partial charge is 0.330 e. The maximum atomic E-state index is 5.67. The van der Waals surface area contributed by atoms with E-state index in [4.69, 9.17) is 5.73 Å². The van der Waals surface area contributed by atoms with E-state index in [-0.39, 0.29) is 0 Å². The standard InChI is InChI=1S/C10H20N2/c11-7-9-5-6-12(8-9)10-3-1-2-4-10/h9-10H,1-8,11H2/t9-/m1/s1. The normalized spacial score (nSPS) is 33.2. The third kappa shape index (κ3) is 1.64. The number of likely N-dealkylation sites (tertiary alicyclic amines) is 1. The molecule has 1 saturated carbocycles. The van der Waals surface area contributed by atoms with Crippen molar-refractivity contribution in [3.05, 3.63) is 0 Å². The highest BCUT2D eigenvalue weighted by molar-refractivity contribution is 4.84. The first-order chi connectivity index (χ1) is 5.90. The first-order valence-electron chi connectivity index (χ1n) is 5.34. The fraction of sp³-hybridized carbons (Fsp3) is 1.00. The lowest BCUT2D eigenvalue weighted by molar-refractivity contribution is 0.238. The van der Waals surface area contributed by atoms with Crippen molar-refractivity contribution in [2.45, 2.75) is 38.1 Å². The summed E-state index contributed by atoms with van der Waals surface area (Å²) in [6, 6.07) is 0.918. The zero-order chi connectivity index (χ0) is 8.39. The fourth-order valence-electron chi connectivity index (χ4n) is 2.66. The Morgan fingerprint density at radius 2 is 1.92 bits per heavy atom. The van der Waals surface area contributed by atoms with Crippen LogP contribution >= 0.6 is 0 Å². The van der Waals surface area contributed by atoms with E-state index >= 15 is 0 Å². The van der Waals surface area contributed by atoms with Crippen molar-refractivity contribution in [3.63, 3.8) is 0 Å². The Morgan fingerprint density at radius 1 is 1.17 bits per heavy atom. The molecule has 0 bridgehead atoms. The van der Waals surface area contributed by atoms with Crippen molar-refractivity contribution in [1.29, 1.82) is 0 Å². The van der Waals surface area contributed by atoms with Crippen LogP contribution in [0.3, 0.4) is 0 Å². The van der Waals surface area contributed by atoms with Gasteiger partial charge in [-0.1, -0.05) is 12.8 Å². The molecule has 2 rings (SSSR count). The quantitative estimate of drug-likeness (QED) is 0.671. The lowest BCUT2D eigenvalue weighted by atomic mass is 10.1. The molecule has 0 spiro atoms. The van der Waals surface area contributed by atoms with E-state index in [1.807, 2.05) is 0 Å². The summed E-state index contributed by atoms with van der Waals surface area (Å²) < 4.78 is 0. The van der Waals surface area contributed by atoms with Crippen molar-refractivity contribution >= 4 is 0 Å². The van der Waals surface area contributed by atoms with Crippen LogP contribution in [0.2, 0.25) is 0 Å². The van der Waals surface area contributed by atoms with E-state index in [0.717, 1.165) is 18.5 Å². The Balaban J connectivity index is 1.81. The zero-order valence-corrected chi connectivity index (χ0v) is 7.84. The predicted octanol–water partition coefficient (Wildman–Crippen LogP) is 1.21. The predicted molar refractivity (Wildman–Crippen MR) is 51.0 cm³/mol. The second kappa shape index (κ2) is 3.75. The Bertz CT molecular complexity index is 141. The van der Waals surface area contributed by atoms with E-state index in [1.54, 1.807) is 0 Å². The van der Waals surface area contributed by atoms with Gasteiger partial charge in [0.2, 0.25) is 0 Å². The first-order valence-corrected chi connectivity index (χ1v) is 5.34. The number of nitrogens with zero attached hydrogens (tertiary/aromatic N) is 1. The molecule has 70 valence electrons. The minimum atomic E-state index is 0.797. The summed E-state index contributed by atoms with van der Waals surface area (Å²) in [6.45, 7) is 3.48. The van der Waals surface area contributed by atoms with Crippen LogP contribution in [0.5, 0.6) is 0 Å². The monoisotopic (exact) mass is 168 g/mol. The van der Waals surface area contributed by atoms with E-state index in [0.29, 0.717) is 0 Å². The summed E-state index contributed by atoms with van der Waals surface area (Å²) in [5, 5.41) is 0. The smallest absolute Gasteiger partial charge is 0.00953 e. The van der Waals surface area contributed by atoms with E-state index in [2.05, 4.69) is 4.90 Å². The molecule has 1 atom stereocenters. The molecule has 1 aliphatic carbocycles. The second-order valence-electron chi connectivity index (χ2n) is 4.32. The summed E-state index contributed by atoms with van der Waals surface area (Å²) >= 11 is 0. The third-order valence-electron chi connectivity index (χ3n) is 3.49. The maximum absolute atomic E-state index is 5.67. The van der Waals surface area contributed by atoms with Gasteiger partial charge in [0.15, 0.2) is 0 Å². The zero-order valence-electron chi connectivity index (χ0n) is 7.84. The number of hydrogen-bond acceptors (Lipinski definition) is 2. The van der Waals surface area contributed by atoms with Gasteiger partial charge in [-0.15, -0.1) is 0 Å². The van der Waals surface area contributed by atoms with Gasteiger partial charge in [0.1, 0.15) is 0 Å². The molecule has 1 heterocycles. The molecule has 12 heavy (non-hydrogen) atoms. The molecular weight excluding hydrogens is 148 g/mol. The fourth-order valence-corrected chi connectivity index (χ4v) is 2.66.